The predicted molar refractivity (Wildman–Crippen MR) is 103 cm³/mol. The fourth-order valence-corrected chi connectivity index (χ4v) is 2.80. The van der Waals surface area contributed by atoms with E-state index in [1.165, 1.54) is 37.4 Å². The van der Waals surface area contributed by atoms with E-state index in [0.29, 0.717) is 12.0 Å². The van der Waals surface area contributed by atoms with Gasteiger partial charge in [-0.05, 0) is 39.2 Å². The minimum Gasteiger partial charge on any atom is -0.380 e. The highest BCUT2D eigenvalue weighted by Gasteiger charge is 2.15. The number of allylic oxidation sites excluding steroid dienone is 5. The molecule has 0 heterocycles. The number of rotatable bonds is 12. The molecule has 0 fully saturated rings. The highest BCUT2D eigenvalue weighted by atomic mass is 16.5. The van der Waals surface area contributed by atoms with Crippen LogP contribution >= 0.6 is 0 Å². The molecule has 0 N–H and O–H groups in total. The third-order valence-electron chi connectivity index (χ3n) is 4.02. The third-order valence-corrected chi connectivity index (χ3v) is 4.02. The number of ether oxygens (including phenoxy) is 1. The van der Waals surface area contributed by atoms with Crippen LogP contribution in [-0.2, 0) is 4.74 Å². The lowest BCUT2D eigenvalue weighted by molar-refractivity contribution is 0.0895. The van der Waals surface area contributed by atoms with Crippen molar-refractivity contribution in [2.75, 3.05) is 6.61 Å². The molecular formula is C20H37BO. The molecule has 1 atom stereocenters. The first-order valence-electron chi connectivity index (χ1n) is 9.02. The summed E-state index contributed by atoms with van der Waals surface area (Å²) in [6, 6.07) is 0. The number of hydrogen-bond acceptors (Lipinski definition) is 1. The van der Waals surface area contributed by atoms with E-state index in [9.17, 15) is 0 Å². The van der Waals surface area contributed by atoms with Crippen LogP contribution < -0.4 is 0 Å². The molecule has 2 heteroatoms. The van der Waals surface area contributed by atoms with E-state index in [4.69, 9.17) is 4.74 Å². The van der Waals surface area contributed by atoms with Crippen molar-refractivity contribution in [3.05, 3.63) is 36.0 Å². The molecule has 1 unspecified atom stereocenters. The highest BCUT2D eigenvalue weighted by molar-refractivity contribution is 6.58. The Hall–Kier alpha value is -0.755. The standard InChI is InChI=1S/C20H37BO/c1-8-10-20(16-17(3)4)19(7)11-13-21(12-9-2)14-15-22-18(5)6/h8,10,16,18-19H,3,9,11-15H2,1-2,4-7H3/b10-8-,20-16+. The van der Waals surface area contributed by atoms with Crippen LogP contribution in [0.25, 0.3) is 0 Å². The molecule has 0 amide bonds. The van der Waals surface area contributed by atoms with Crippen molar-refractivity contribution in [2.45, 2.75) is 79.4 Å². The zero-order valence-electron chi connectivity index (χ0n) is 15.8. The summed E-state index contributed by atoms with van der Waals surface area (Å²) in [5.41, 5.74) is 2.54. The maximum Gasteiger partial charge on any atom is 0.142 e. The van der Waals surface area contributed by atoms with E-state index in [0.717, 1.165) is 18.9 Å². The second-order valence-electron chi connectivity index (χ2n) is 6.83. The summed E-state index contributed by atoms with van der Waals surface area (Å²) in [5.74, 6) is 0.596. The molecule has 22 heavy (non-hydrogen) atoms. The molecule has 1 nitrogen and oxygen atoms in total. The minimum absolute atomic E-state index is 0.348. The van der Waals surface area contributed by atoms with Gasteiger partial charge in [-0.2, -0.15) is 0 Å². The molecule has 0 saturated heterocycles. The van der Waals surface area contributed by atoms with Gasteiger partial charge in [0.05, 0.1) is 6.10 Å². The summed E-state index contributed by atoms with van der Waals surface area (Å²) in [6.07, 6.45) is 13.3. The second-order valence-corrected chi connectivity index (χ2v) is 6.83. The molecule has 0 aliphatic carbocycles. The molecule has 0 spiro atoms. The fraction of sp³-hybridized carbons (Fsp3) is 0.700. The lowest BCUT2D eigenvalue weighted by Gasteiger charge is -2.18. The average molecular weight is 304 g/mol. The quantitative estimate of drug-likeness (QED) is 0.298. The fourth-order valence-electron chi connectivity index (χ4n) is 2.80. The van der Waals surface area contributed by atoms with E-state index >= 15 is 0 Å². The van der Waals surface area contributed by atoms with Gasteiger partial charge in [-0.3, -0.25) is 0 Å². The van der Waals surface area contributed by atoms with Crippen molar-refractivity contribution in [1.29, 1.82) is 0 Å². The maximum absolute atomic E-state index is 5.73. The van der Waals surface area contributed by atoms with Crippen LogP contribution in [0.5, 0.6) is 0 Å². The molecule has 0 aromatic heterocycles. The summed E-state index contributed by atoms with van der Waals surface area (Å²) in [7, 11) is 0. The van der Waals surface area contributed by atoms with Crippen molar-refractivity contribution in [2.24, 2.45) is 5.92 Å². The van der Waals surface area contributed by atoms with E-state index in [-0.39, 0.29) is 0 Å². The zero-order chi connectivity index (χ0) is 17.0. The molecule has 0 radical (unpaired) electrons. The molecule has 0 aromatic carbocycles. The third kappa shape index (κ3) is 10.9. The van der Waals surface area contributed by atoms with Gasteiger partial charge in [-0.25, -0.2) is 0 Å². The van der Waals surface area contributed by atoms with Crippen LogP contribution in [0.3, 0.4) is 0 Å². The first-order chi connectivity index (χ1) is 10.4. The van der Waals surface area contributed by atoms with Gasteiger partial charge >= 0.3 is 0 Å². The molecular weight excluding hydrogens is 267 g/mol. The maximum atomic E-state index is 5.73. The van der Waals surface area contributed by atoms with Crippen LogP contribution in [0.1, 0.15) is 54.4 Å². The Morgan fingerprint density at radius 1 is 1.18 bits per heavy atom. The second kappa shape index (κ2) is 12.8. The average Bonchev–Trinajstić information content (AvgIpc) is 2.43. The van der Waals surface area contributed by atoms with Crippen LogP contribution in [0, 0.1) is 5.92 Å². The smallest absolute Gasteiger partial charge is 0.142 e. The van der Waals surface area contributed by atoms with Gasteiger partial charge in [0.25, 0.3) is 0 Å². The van der Waals surface area contributed by atoms with Crippen LogP contribution in [0.4, 0.5) is 0 Å². The molecule has 0 aromatic rings. The summed E-state index contributed by atoms with van der Waals surface area (Å²) in [6.45, 7) is 18.7. The van der Waals surface area contributed by atoms with Crippen molar-refractivity contribution in [3.63, 3.8) is 0 Å². The van der Waals surface area contributed by atoms with Crippen LogP contribution in [-0.4, -0.2) is 19.4 Å². The van der Waals surface area contributed by atoms with Crippen LogP contribution in [0.15, 0.2) is 36.0 Å². The lowest BCUT2D eigenvalue weighted by Crippen LogP contribution is -2.17. The van der Waals surface area contributed by atoms with Gasteiger partial charge in [-0.1, -0.05) is 76.0 Å². The predicted octanol–water partition coefficient (Wildman–Crippen LogP) is 6.42. The topological polar surface area (TPSA) is 9.23 Å². The summed E-state index contributed by atoms with van der Waals surface area (Å²) >= 11 is 0. The van der Waals surface area contributed by atoms with Gasteiger partial charge in [0.2, 0.25) is 0 Å². The van der Waals surface area contributed by atoms with Crippen molar-refractivity contribution >= 4 is 6.71 Å². The Labute approximate surface area is 140 Å². The zero-order valence-corrected chi connectivity index (χ0v) is 15.8. The molecule has 0 rings (SSSR count). The molecule has 0 aliphatic rings. The first-order valence-corrected chi connectivity index (χ1v) is 9.02. The van der Waals surface area contributed by atoms with Gasteiger partial charge in [-0.15, -0.1) is 0 Å². The minimum atomic E-state index is 0.348. The Kier molecular flexibility index (Phi) is 12.3. The monoisotopic (exact) mass is 304 g/mol. The van der Waals surface area contributed by atoms with Crippen LogP contribution in [0.2, 0.25) is 19.0 Å². The SMILES string of the molecule is C=C(C)/C=C(\C=C/C)C(C)CCB(CCC)CCOC(C)C. The Morgan fingerprint density at radius 3 is 2.36 bits per heavy atom. The van der Waals surface area contributed by atoms with Crippen molar-refractivity contribution in [1.82, 2.24) is 0 Å². The normalized spacial score (nSPS) is 13.9. The summed E-state index contributed by atoms with van der Waals surface area (Å²) in [4.78, 5) is 0. The molecule has 0 saturated carbocycles. The van der Waals surface area contributed by atoms with Gasteiger partial charge in [0, 0.05) is 6.61 Å². The molecule has 0 bridgehead atoms. The van der Waals surface area contributed by atoms with E-state index in [2.05, 4.69) is 66.3 Å². The van der Waals surface area contributed by atoms with Gasteiger partial charge in [0.1, 0.15) is 6.71 Å². The Bertz CT molecular complexity index is 355. The Morgan fingerprint density at radius 2 is 1.86 bits per heavy atom. The highest BCUT2D eigenvalue weighted by Crippen LogP contribution is 2.23. The number of hydrogen-bond donors (Lipinski definition) is 0. The van der Waals surface area contributed by atoms with E-state index in [1.54, 1.807) is 0 Å². The van der Waals surface area contributed by atoms with Crippen molar-refractivity contribution in [3.8, 4) is 0 Å². The van der Waals surface area contributed by atoms with E-state index in [1.807, 2.05) is 0 Å². The van der Waals surface area contributed by atoms with Crippen molar-refractivity contribution < 1.29 is 4.74 Å². The van der Waals surface area contributed by atoms with Gasteiger partial charge in [0.15, 0.2) is 0 Å². The first kappa shape index (κ1) is 21.2. The molecule has 126 valence electrons. The largest absolute Gasteiger partial charge is 0.380 e. The lowest BCUT2D eigenvalue weighted by atomic mass is 9.41. The summed E-state index contributed by atoms with van der Waals surface area (Å²) in [5, 5.41) is 0. The van der Waals surface area contributed by atoms with E-state index < -0.39 is 0 Å². The van der Waals surface area contributed by atoms with Gasteiger partial charge < -0.3 is 4.74 Å². The Balaban J connectivity index is 4.45. The molecule has 0 aliphatic heterocycles. The summed E-state index contributed by atoms with van der Waals surface area (Å²) < 4.78 is 5.73.